The Kier molecular flexibility index (Phi) is 4.10. The Morgan fingerprint density at radius 1 is 1.11 bits per heavy atom. The lowest BCUT2D eigenvalue weighted by Crippen LogP contribution is -2.23. The second-order valence-corrected chi connectivity index (χ2v) is 4.70. The van der Waals surface area contributed by atoms with Gasteiger partial charge in [0, 0.05) is 22.1 Å². The normalized spacial score (nSPS) is 10.1. The van der Waals surface area contributed by atoms with Crippen LogP contribution < -0.4 is 5.32 Å². The maximum absolute atomic E-state index is 13.3. The monoisotopic (exact) mass is 307 g/mol. The number of rotatable bonds is 3. The van der Waals surface area contributed by atoms with Crippen LogP contribution in [0.3, 0.4) is 0 Å². The number of nitrogens with one attached hydrogen (secondary N) is 1. The Morgan fingerprint density at radius 3 is 2.44 bits per heavy atom. The third kappa shape index (κ3) is 3.17. The first-order valence-electron chi connectivity index (χ1n) is 5.44. The number of hydrogen-bond acceptors (Lipinski definition) is 1. The minimum absolute atomic E-state index is 0.182. The van der Waals surface area contributed by atoms with Crippen molar-refractivity contribution in [3.63, 3.8) is 0 Å². The first-order valence-corrected chi connectivity index (χ1v) is 6.23. The number of amides is 1. The number of halogens is 2. The Morgan fingerprint density at radius 2 is 1.78 bits per heavy atom. The van der Waals surface area contributed by atoms with Crippen molar-refractivity contribution in [1.82, 2.24) is 5.32 Å². The fourth-order valence-electron chi connectivity index (χ4n) is 1.52. The van der Waals surface area contributed by atoms with Crippen molar-refractivity contribution in [3.05, 3.63) is 69.9 Å². The first-order chi connectivity index (χ1) is 8.66. The van der Waals surface area contributed by atoms with Crippen LogP contribution in [0, 0.1) is 5.82 Å². The van der Waals surface area contributed by atoms with Crippen LogP contribution in [-0.2, 0) is 6.54 Å². The fraction of sp³-hybridized carbons (Fsp3) is 0.0714. The molecule has 1 amide bonds. The molecule has 0 aliphatic heterocycles. The van der Waals surface area contributed by atoms with E-state index in [0.717, 1.165) is 4.47 Å². The minimum Gasteiger partial charge on any atom is -0.348 e. The lowest BCUT2D eigenvalue weighted by molar-refractivity contribution is 0.0950. The van der Waals surface area contributed by atoms with Crippen molar-refractivity contribution < 1.29 is 9.18 Å². The topological polar surface area (TPSA) is 29.1 Å². The Bertz CT molecular complexity index is 554. The SMILES string of the molecule is O=C(NCc1ccccc1F)c1ccc(Br)cc1. The van der Waals surface area contributed by atoms with Gasteiger partial charge in [-0.1, -0.05) is 34.1 Å². The molecular formula is C14H11BrFNO. The molecule has 18 heavy (non-hydrogen) atoms. The Labute approximate surface area is 113 Å². The molecule has 2 aromatic rings. The van der Waals surface area contributed by atoms with Gasteiger partial charge in [-0.15, -0.1) is 0 Å². The standard InChI is InChI=1S/C14H11BrFNO/c15-12-7-5-10(6-8-12)14(18)17-9-11-3-1-2-4-13(11)16/h1-8H,9H2,(H,17,18). The molecule has 0 heterocycles. The number of benzene rings is 2. The van der Waals surface area contributed by atoms with Crippen molar-refractivity contribution >= 4 is 21.8 Å². The predicted octanol–water partition coefficient (Wildman–Crippen LogP) is 3.52. The van der Waals surface area contributed by atoms with Gasteiger partial charge >= 0.3 is 0 Å². The zero-order valence-corrected chi connectivity index (χ0v) is 11.1. The van der Waals surface area contributed by atoms with Gasteiger partial charge in [0.1, 0.15) is 5.82 Å². The van der Waals surface area contributed by atoms with Gasteiger partial charge in [-0.05, 0) is 30.3 Å². The highest BCUT2D eigenvalue weighted by Gasteiger charge is 2.06. The van der Waals surface area contributed by atoms with Gasteiger partial charge in [0.15, 0.2) is 0 Å². The van der Waals surface area contributed by atoms with Crippen LogP contribution in [0.25, 0.3) is 0 Å². The maximum atomic E-state index is 13.3. The molecule has 0 saturated heterocycles. The van der Waals surface area contributed by atoms with Crippen molar-refractivity contribution in [1.29, 1.82) is 0 Å². The molecule has 2 rings (SSSR count). The van der Waals surface area contributed by atoms with E-state index < -0.39 is 0 Å². The van der Waals surface area contributed by atoms with Gasteiger partial charge in [0.05, 0.1) is 0 Å². The third-order valence-corrected chi connectivity index (χ3v) is 3.03. The molecule has 0 spiro atoms. The molecule has 0 radical (unpaired) electrons. The maximum Gasteiger partial charge on any atom is 0.251 e. The number of carbonyl (C=O) groups excluding carboxylic acids is 1. The van der Waals surface area contributed by atoms with E-state index in [1.807, 2.05) is 0 Å². The second kappa shape index (κ2) is 5.78. The van der Waals surface area contributed by atoms with Crippen molar-refractivity contribution in [3.8, 4) is 0 Å². The summed E-state index contributed by atoms with van der Waals surface area (Å²) in [5.41, 5.74) is 1.03. The molecule has 2 aromatic carbocycles. The van der Waals surface area contributed by atoms with E-state index >= 15 is 0 Å². The molecule has 0 atom stereocenters. The zero-order chi connectivity index (χ0) is 13.0. The number of carbonyl (C=O) groups is 1. The summed E-state index contributed by atoms with van der Waals surface area (Å²) in [5, 5.41) is 2.68. The van der Waals surface area contributed by atoms with Crippen LogP contribution in [0.4, 0.5) is 4.39 Å². The van der Waals surface area contributed by atoms with Gasteiger partial charge in [0.2, 0.25) is 0 Å². The summed E-state index contributed by atoms with van der Waals surface area (Å²) in [6.07, 6.45) is 0. The first kappa shape index (κ1) is 12.8. The van der Waals surface area contributed by atoms with Crippen LogP contribution in [0.15, 0.2) is 53.0 Å². The van der Waals surface area contributed by atoms with Gasteiger partial charge in [0.25, 0.3) is 5.91 Å². The van der Waals surface area contributed by atoms with Crippen LogP contribution >= 0.6 is 15.9 Å². The lowest BCUT2D eigenvalue weighted by atomic mass is 10.2. The van der Waals surface area contributed by atoms with E-state index in [1.54, 1.807) is 42.5 Å². The smallest absolute Gasteiger partial charge is 0.251 e. The highest BCUT2D eigenvalue weighted by Crippen LogP contribution is 2.11. The van der Waals surface area contributed by atoms with E-state index in [-0.39, 0.29) is 18.3 Å². The number of hydrogen-bond donors (Lipinski definition) is 1. The zero-order valence-electron chi connectivity index (χ0n) is 9.49. The average molecular weight is 308 g/mol. The molecule has 0 aromatic heterocycles. The molecule has 1 N–H and O–H groups in total. The second-order valence-electron chi connectivity index (χ2n) is 3.78. The van der Waals surface area contributed by atoms with Gasteiger partial charge in [-0.2, -0.15) is 0 Å². The van der Waals surface area contributed by atoms with Crippen LogP contribution in [-0.4, -0.2) is 5.91 Å². The average Bonchev–Trinajstić information content (AvgIpc) is 2.38. The summed E-state index contributed by atoms with van der Waals surface area (Å²) < 4.78 is 14.2. The van der Waals surface area contributed by atoms with Crippen LogP contribution in [0.5, 0.6) is 0 Å². The van der Waals surface area contributed by atoms with E-state index in [9.17, 15) is 9.18 Å². The molecule has 2 nitrogen and oxygen atoms in total. The highest BCUT2D eigenvalue weighted by atomic mass is 79.9. The fourth-order valence-corrected chi connectivity index (χ4v) is 1.78. The van der Waals surface area contributed by atoms with Crippen molar-refractivity contribution in [2.75, 3.05) is 0 Å². The van der Waals surface area contributed by atoms with Crippen LogP contribution in [0.2, 0.25) is 0 Å². The molecule has 0 unspecified atom stereocenters. The summed E-state index contributed by atoms with van der Waals surface area (Å²) in [6, 6.07) is 13.4. The molecule has 0 saturated carbocycles. The van der Waals surface area contributed by atoms with Crippen LogP contribution in [0.1, 0.15) is 15.9 Å². The van der Waals surface area contributed by atoms with E-state index in [4.69, 9.17) is 0 Å². The summed E-state index contributed by atoms with van der Waals surface area (Å²) in [6.45, 7) is 0.182. The largest absolute Gasteiger partial charge is 0.348 e. The van der Waals surface area contributed by atoms with Gasteiger partial charge in [-0.3, -0.25) is 4.79 Å². The quantitative estimate of drug-likeness (QED) is 0.923. The molecule has 4 heteroatoms. The Hall–Kier alpha value is -1.68. The predicted molar refractivity (Wildman–Crippen MR) is 71.7 cm³/mol. The molecular weight excluding hydrogens is 297 g/mol. The van der Waals surface area contributed by atoms with Gasteiger partial charge < -0.3 is 5.32 Å². The molecule has 0 aliphatic rings. The minimum atomic E-state index is -0.311. The molecule has 0 fully saturated rings. The summed E-state index contributed by atoms with van der Waals surface area (Å²) >= 11 is 3.30. The summed E-state index contributed by atoms with van der Waals surface area (Å²) in [7, 11) is 0. The Balaban J connectivity index is 2.01. The van der Waals surface area contributed by atoms with Crippen molar-refractivity contribution in [2.24, 2.45) is 0 Å². The molecule has 0 aliphatic carbocycles. The molecule has 92 valence electrons. The lowest BCUT2D eigenvalue weighted by Gasteiger charge is -2.06. The molecule has 0 bridgehead atoms. The van der Waals surface area contributed by atoms with E-state index in [0.29, 0.717) is 11.1 Å². The summed E-state index contributed by atoms with van der Waals surface area (Å²) in [5.74, 6) is -0.528. The van der Waals surface area contributed by atoms with Gasteiger partial charge in [-0.25, -0.2) is 4.39 Å². The van der Waals surface area contributed by atoms with E-state index in [2.05, 4.69) is 21.2 Å². The highest BCUT2D eigenvalue weighted by molar-refractivity contribution is 9.10. The summed E-state index contributed by atoms with van der Waals surface area (Å²) in [4.78, 5) is 11.8. The third-order valence-electron chi connectivity index (χ3n) is 2.50. The van der Waals surface area contributed by atoms with Crippen molar-refractivity contribution in [2.45, 2.75) is 6.54 Å². The van der Waals surface area contributed by atoms with E-state index in [1.165, 1.54) is 6.07 Å².